The second-order valence-electron chi connectivity index (χ2n) is 5.81. The molecule has 1 atom stereocenters. The van der Waals surface area contributed by atoms with E-state index >= 15 is 0 Å². The summed E-state index contributed by atoms with van der Waals surface area (Å²) < 4.78 is 57.6. The van der Waals surface area contributed by atoms with Crippen molar-refractivity contribution in [3.05, 3.63) is 35.4 Å². The van der Waals surface area contributed by atoms with Gasteiger partial charge in [0.2, 0.25) is 12.3 Å². The van der Waals surface area contributed by atoms with Crippen LogP contribution in [0.3, 0.4) is 0 Å². The van der Waals surface area contributed by atoms with Gasteiger partial charge in [-0.05, 0) is 18.9 Å². The van der Waals surface area contributed by atoms with E-state index in [1.807, 2.05) is 0 Å². The van der Waals surface area contributed by atoms with Crippen molar-refractivity contribution >= 4 is 11.9 Å². The van der Waals surface area contributed by atoms with E-state index in [-0.39, 0.29) is 31.6 Å². The molecule has 0 bridgehead atoms. The van der Waals surface area contributed by atoms with Gasteiger partial charge < -0.3 is 15.2 Å². The number of carboxylic acid groups (broad SMARTS) is 1. The third-order valence-corrected chi connectivity index (χ3v) is 4.24. The zero-order valence-corrected chi connectivity index (χ0v) is 13.1. The average Bonchev–Trinajstić information content (AvgIpc) is 2.54. The fraction of sp³-hybridized carbons (Fsp3) is 0.500. The van der Waals surface area contributed by atoms with E-state index in [1.54, 1.807) is 0 Å². The molecule has 0 saturated carbocycles. The highest BCUT2D eigenvalue weighted by Gasteiger charge is 2.45. The largest absolute Gasteiger partial charge is 0.480 e. The number of hydrogen-bond donors (Lipinski definition) is 2. The smallest absolute Gasteiger partial charge is 0.326 e. The molecule has 138 valence electrons. The Morgan fingerprint density at radius 1 is 1.24 bits per heavy atom. The van der Waals surface area contributed by atoms with Gasteiger partial charge in [0.05, 0.1) is 5.41 Å². The maximum absolute atomic E-state index is 14.2. The van der Waals surface area contributed by atoms with Gasteiger partial charge in [-0.3, -0.25) is 4.79 Å². The molecule has 1 fully saturated rings. The minimum Gasteiger partial charge on any atom is -0.480 e. The van der Waals surface area contributed by atoms with Crippen molar-refractivity contribution in [2.24, 2.45) is 0 Å². The van der Waals surface area contributed by atoms with Crippen LogP contribution in [-0.4, -0.2) is 42.7 Å². The second kappa shape index (κ2) is 7.81. The summed E-state index contributed by atoms with van der Waals surface area (Å²) in [7, 11) is 0. The van der Waals surface area contributed by atoms with Gasteiger partial charge in [-0.1, -0.05) is 6.07 Å². The molecule has 1 aliphatic rings. The van der Waals surface area contributed by atoms with Crippen LogP contribution < -0.4 is 5.32 Å². The summed E-state index contributed by atoms with van der Waals surface area (Å²) in [5.41, 5.74) is -1.62. The number of rotatable bonds is 6. The molecule has 0 radical (unpaired) electrons. The first-order valence-corrected chi connectivity index (χ1v) is 7.61. The molecule has 0 aromatic heterocycles. The summed E-state index contributed by atoms with van der Waals surface area (Å²) in [4.78, 5) is 23.8. The first kappa shape index (κ1) is 19.2. The zero-order chi connectivity index (χ0) is 18.6. The van der Waals surface area contributed by atoms with Crippen LogP contribution in [-0.2, 0) is 19.7 Å². The highest BCUT2D eigenvalue weighted by Crippen LogP contribution is 2.37. The lowest BCUT2D eigenvalue weighted by Crippen LogP contribution is -2.53. The van der Waals surface area contributed by atoms with Gasteiger partial charge in [0, 0.05) is 31.3 Å². The van der Waals surface area contributed by atoms with Gasteiger partial charge in [-0.15, -0.1) is 0 Å². The summed E-state index contributed by atoms with van der Waals surface area (Å²) in [5, 5.41) is 11.1. The van der Waals surface area contributed by atoms with Crippen molar-refractivity contribution < 1.29 is 37.0 Å². The third-order valence-electron chi connectivity index (χ3n) is 4.24. The lowest BCUT2D eigenvalue weighted by Gasteiger charge is -2.37. The van der Waals surface area contributed by atoms with Crippen LogP contribution in [0.4, 0.5) is 17.6 Å². The number of nitrogens with one attached hydrogen (secondary N) is 1. The number of carboxylic acids is 1. The predicted molar refractivity (Wildman–Crippen MR) is 78.3 cm³/mol. The SMILES string of the molecule is O=C(O)C(CC(F)F)NC(=O)C1(c2ccc(F)cc2F)CCOCC1. The van der Waals surface area contributed by atoms with Crippen molar-refractivity contribution in [3.63, 3.8) is 0 Å². The first-order valence-electron chi connectivity index (χ1n) is 7.61. The summed E-state index contributed by atoms with van der Waals surface area (Å²) in [5.74, 6) is -4.30. The predicted octanol–water partition coefficient (Wildman–Crippen LogP) is 2.24. The lowest BCUT2D eigenvalue weighted by molar-refractivity contribution is -0.145. The molecular weight excluding hydrogens is 346 g/mol. The van der Waals surface area contributed by atoms with E-state index in [9.17, 15) is 27.2 Å². The molecule has 0 spiro atoms. The van der Waals surface area contributed by atoms with Gasteiger partial charge in [-0.2, -0.15) is 0 Å². The van der Waals surface area contributed by atoms with Gasteiger partial charge in [0.15, 0.2) is 0 Å². The summed E-state index contributed by atoms with van der Waals surface area (Å²) >= 11 is 0. The monoisotopic (exact) mass is 363 g/mol. The topological polar surface area (TPSA) is 75.6 Å². The molecule has 2 rings (SSSR count). The number of carbonyl (C=O) groups excluding carboxylic acids is 1. The summed E-state index contributed by atoms with van der Waals surface area (Å²) in [6.07, 6.45) is -3.97. The molecule has 1 saturated heterocycles. The van der Waals surface area contributed by atoms with Crippen LogP contribution in [0.25, 0.3) is 0 Å². The van der Waals surface area contributed by atoms with Crippen molar-refractivity contribution in [1.29, 1.82) is 0 Å². The molecule has 1 heterocycles. The first-order chi connectivity index (χ1) is 11.8. The van der Waals surface area contributed by atoms with E-state index in [2.05, 4.69) is 5.32 Å². The molecular formula is C16H17F4NO4. The number of carbonyl (C=O) groups is 2. The van der Waals surface area contributed by atoms with Crippen molar-refractivity contribution in [1.82, 2.24) is 5.32 Å². The van der Waals surface area contributed by atoms with Gasteiger partial charge >= 0.3 is 5.97 Å². The fourth-order valence-electron chi connectivity index (χ4n) is 2.91. The van der Waals surface area contributed by atoms with Crippen molar-refractivity contribution in [3.8, 4) is 0 Å². The minimum absolute atomic E-state index is 0.0163. The molecule has 1 aromatic rings. The summed E-state index contributed by atoms with van der Waals surface area (Å²) in [6.45, 7) is 0.188. The number of benzene rings is 1. The van der Waals surface area contributed by atoms with Crippen molar-refractivity contribution in [2.45, 2.75) is 37.1 Å². The molecule has 1 aliphatic heterocycles. The Hall–Kier alpha value is -2.16. The van der Waals surface area contributed by atoms with Crippen LogP contribution in [0.1, 0.15) is 24.8 Å². The second-order valence-corrected chi connectivity index (χ2v) is 5.81. The number of amides is 1. The number of alkyl halides is 2. The normalized spacial score (nSPS) is 18.0. The lowest BCUT2D eigenvalue weighted by atomic mass is 9.73. The molecule has 1 unspecified atom stereocenters. The average molecular weight is 363 g/mol. The third kappa shape index (κ3) is 4.28. The van der Waals surface area contributed by atoms with E-state index in [1.165, 1.54) is 0 Å². The highest BCUT2D eigenvalue weighted by atomic mass is 19.3. The van der Waals surface area contributed by atoms with E-state index in [4.69, 9.17) is 9.84 Å². The molecule has 25 heavy (non-hydrogen) atoms. The van der Waals surface area contributed by atoms with Crippen LogP contribution >= 0.6 is 0 Å². The Labute approximate surface area is 141 Å². The number of ether oxygens (including phenoxy) is 1. The molecule has 9 heteroatoms. The van der Waals surface area contributed by atoms with E-state index in [0.717, 1.165) is 12.1 Å². The van der Waals surface area contributed by atoms with E-state index in [0.29, 0.717) is 6.07 Å². The van der Waals surface area contributed by atoms with Crippen LogP contribution in [0.2, 0.25) is 0 Å². The Bertz CT molecular complexity index is 647. The Kier molecular flexibility index (Phi) is 5.99. The standard InChI is InChI=1S/C16H17F4NO4/c17-9-1-2-10(11(18)7-9)16(3-5-25-6-4-16)15(24)21-12(14(22)23)8-13(19)20/h1-2,7,12-13H,3-6,8H2,(H,21,24)(H,22,23). The number of halogens is 4. The van der Waals surface area contributed by atoms with Crippen LogP contribution in [0, 0.1) is 11.6 Å². The molecule has 5 nitrogen and oxygen atoms in total. The Morgan fingerprint density at radius 3 is 2.40 bits per heavy atom. The number of aliphatic carboxylic acids is 1. The maximum Gasteiger partial charge on any atom is 0.326 e. The quantitative estimate of drug-likeness (QED) is 0.760. The molecule has 1 amide bonds. The fourth-order valence-corrected chi connectivity index (χ4v) is 2.91. The van der Waals surface area contributed by atoms with Crippen molar-refractivity contribution in [2.75, 3.05) is 13.2 Å². The van der Waals surface area contributed by atoms with Gasteiger partial charge in [0.1, 0.15) is 17.7 Å². The highest BCUT2D eigenvalue weighted by molar-refractivity contribution is 5.91. The maximum atomic E-state index is 14.2. The van der Waals surface area contributed by atoms with Gasteiger partial charge in [0.25, 0.3) is 0 Å². The molecule has 0 aliphatic carbocycles. The van der Waals surface area contributed by atoms with Gasteiger partial charge in [-0.25, -0.2) is 22.4 Å². The Morgan fingerprint density at radius 2 is 1.88 bits per heavy atom. The molecule has 2 N–H and O–H groups in total. The number of hydrogen-bond acceptors (Lipinski definition) is 3. The Balaban J connectivity index is 2.36. The minimum atomic E-state index is -2.94. The van der Waals surface area contributed by atoms with E-state index < -0.39 is 47.8 Å². The molecule has 1 aromatic carbocycles. The summed E-state index contributed by atoms with van der Waals surface area (Å²) in [6, 6.07) is 0.902. The van der Waals surface area contributed by atoms with Crippen LogP contribution in [0.15, 0.2) is 18.2 Å². The van der Waals surface area contributed by atoms with Crippen LogP contribution in [0.5, 0.6) is 0 Å². The zero-order valence-electron chi connectivity index (χ0n) is 13.1.